The summed E-state index contributed by atoms with van der Waals surface area (Å²) in [7, 11) is 1.56. The van der Waals surface area contributed by atoms with Crippen molar-refractivity contribution in [1.82, 2.24) is 19.5 Å². The van der Waals surface area contributed by atoms with Crippen LogP contribution in [0.3, 0.4) is 0 Å². The fourth-order valence-corrected chi connectivity index (χ4v) is 3.26. The van der Waals surface area contributed by atoms with Gasteiger partial charge in [-0.1, -0.05) is 0 Å². The SMILES string of the molecule is COc1ccc(Br)c(C(=O)Nc2ccc(Oc3cc(-n4ccnc4)nc(C)n3)cc2)c1. The Hall–Kier alpha value is -3.72. The van der Waals surface area contributed by atoms with Crippen LogP contribution in [0.1, 0.15) is 16.2 Å². The fourth-order valence-electron chi connectivity index (χ4n) is 2.84. The Morgan fingerprint density at radius 1 is 1.06 bits per heavy atom. The van der Waals surface area contributed by atoms with Gasteiger partial charge in [-0.15, -0.1) is 0 Å². The average molecular weight is 480 g/mol. The van der Waals surface area contributed by atoms with Crippen LogP contribution >= 0.6 is 15.9 Å². The average Bonchev–Trinajstić information content (AvgIpc) is 3.30. The molecule has 2 aromatic heterocycles. The first-order chi connectivity index (χ1) is 15.0. The molecule has 0 unspecified atom stereocenters. The van der Waals surface area contributed by atoms with Gasteiger partial charge in [0.1, 0.15) is 29.5 Å². The maximum Gasteiger partial charge on any atom is 0.256 e. The number of nitrogens with zero attached hydrogens (tertiary/aromatic N) is 4. The topological polar surface area (TPSA) is 91.2 Å². The van der Waals surface area contributed by atoms with Gasteiger partial charge in [0.25, 0.3) is 5.91 Å². The van der Waals surface area contributed by atoms with E-state index in [2.05, 4.69) is 36.2 Å². The molecule has 0 bridgehead atoms. The Bertz CT molecular complexity index is 1210. The second kappa shape index (κ2) is 8.97. The van der Waals surface area contributed by atoms with Gasteiger partial charge in [0.05, 0.1) is 12.7 Å². The van der Waals surface area contributed by atoms with Crippen LogP contribution in [0.2, 0.25) is 0 Å². The van der Waals surface area contributed by atoms with Gasteiger partial charge in [0, 0.05) is 28.6 Å². The van der Waals surface area contributed by atoms with Gasteiger partial charge in [0.15, 0.2) is 0 Å². The van der Waals surface area contributed by atoms with Gasteiger partial charge in [-0.25, -0.2) is 9.97 Å². The number of imidazole rings is 1. The highest BCUT2D eigenvalue weighted by molar-refractivity contribution is 9.10. The van der Waals surface area contributed by atoms with Crippen molar-refractivity contribution in [3.8, 4) is 23.2 Å². The van der Waals surface area contributed by atoms with Gasteiger partial charge in [-0.05, 0) is 65.3 Å². The number of anilines is 1. The second-order valence-corrected chi connectivity index (χ2v) is 7.36. The summed E-state index contributed by atoms with van der Waals surface area (Å²) in [5, 5.41) is 2.86. The van der Waals surface area contributed by atoms with E-state index in [1.54, 1.807) is 85.9 Å². The number of nitrogens with one attached hydrogen (secondary N) is 1. The highest BCUT2D eigenvalue weighted by Gasteiger charge is 2.12. The minimum absolute atomic E-state index is 0.254. The number of ether oxygens (including phenoxy) is 2. The van der Waals surface area contributed by atoms with E-state index in [1.807, 2.05) is 0 Å². The summed E-state index contributed by atoms with van der Waals surface area (Å²) in [5.41, 5.74) is 1.10. The number of methoxy groups -OCH3 is 1. The Balaban J connectivity index is 1.47. The summed E-state index contributed by atoms with van der Waals surface area (Å²) in [6.45, 7) is 1.79. The minimum Gasteiger partial charge on any atom is -0.497 e. The Kier molecular flexibility index (Phi) is 5.94. The molecule has 31 heavy (non-hydrogen) atoms. The third-order valence-corrected chi connectivity index (χ3v) is 5.01. The minimum atomic E-state index is -0.254. The van der Waals surface area contributed by atoms with Crippen LogP contribution in [0.5, 0.6) is 17.4 Å². The van der Waals surface area contributed by atoms with Crippen LogP contribution in [-0.2, 0) is 0 Å². The summed E-state index contributed by atoms with van der Waals surface area (Å²) in [5.74, 6) is 2.58. The molecule has 0 aliphatic carbocycles. The molecule has 0 fully saturated rings. The zero-order valence-electron chi connectivity index (χ0n) is 16.7. The van der Waals surface area contributed by atoms with E-state index in [4.69, 9.17) is 9.47 Å². The van der Waals surface area contributed by atoms with Crippen molar-refractivity contribution in [2.45, 2.75) is 6.92 Å². The quantitative estimate of drug-likeness (QED) is 0.427. The lowest BCUT2D eigenvalue weighted by molar-refractivity contribution is 0.102. The fraction of sp³-hybridized carbons (Fsp3) is 0.0909. The smallest absolute Gasteiger partial charge is 0.256 e. The standard InChI is InChI=1S/C22H18BrN5O3/c1-14-25-20(28-10-9-24-13-28)12-21(26-14)31-16-5-3-15(4-6-16)27-22(29)18-11-17(30-2)7-8-19(18)23/h3-13H,1-2H3,(H,27,29). The molecule has 1 N–H and O–H groups in total. The lowest BCUT2D eigenvalue weighted by atomic mass is 10.2. The normalized spacial score (nSPS) is 10.5. The van der Waals surface area contributed by atoms with Crippen molar-refractivity contribution >= 4 is 27.5 Å². The lowest BCUT2D eigenvalue weighted by Gasteiger charge is -2.10. The van der Waals surface area contributed by atoms with Crippen LogP contribution in [0.4, 0.5) is 5.69 Å². The Morgan fingerprint density at radius 2 is 1.84 bits per heavy atom. The predicted molar refractivity (Wildman–Crippen MR) is 119 cm³/mol. The molecule has 156 valence electrons. The lowest BCUT2D eigenvalue weighted by Crippen LogP contribution is -2.12. The number of rotatable bonds is 6. The molecule has 0 radical (unpaired) electrons. The number of hydrogen-bond donors (Lipinski definition) is 1. The van der Waals surface area contributed by atoms with Crippen molar-refractivity contribution in [2.75, 3.05) is 12.4 Å². The van der Waals surface area contributed by atoms with E-state index in [0.29, 0.717) is 44.7 Å². The second-order valence-electron chi connectivity index (χ2n) is 6.51. The number of benzene rings is 2. The highest BCUT2D eigenvalue weighted by atomic mass is 79.9. The van der Waals surface area contributed by atoms with Gasteiger partial charge in [-0.3, -0.25) is 9.36 Å². The number of halogens is 1. The number of hydrogen-bond acceptors (Lipinski definition) is 6. The number of carbonyl (C=O) groups excluding carboxylic acids is 1. The molecule has 4 aromatic rings. The van der Waals surface area contributed by atoms with E-state index < -0.39 is 0 Å². The van der Waals surface area contributed by atoms with Gasteiger partial charge < -0.3 is 14.8 Å². The zero-order chi connectivity index (χ0) is 21.8. The van der Waals surface area contributed by atoms with E-state index in [1.165, 1.54) is 0 Å². The summed E-state index contributed by atoms with van der Waals surface area (Å²) >= 11 is 3.39. The van der Waals surface area contributed by atoms with Crippen LogP contribution in [0.15, 0.2) is 71.7 Å². The molecule has 0 aliphatic heterocycles. The highest BCUT2D eigenvalue weighted by Crippen LogP contribution is 2.26. The third-order valence-electron chi connectivity index (χ3n) is 4.32. The Morgan fingerprint density at radius 3 is 2.55 bits per heavy atom. The van der Waals surface area contributed by atoms with Crippen molar-refractivity contribution in [3.05, 3.63) is 83.1 Å². The van der Waals surface area contributed by atoms with E-state index >= 15 is 0 Å². The molecular formula is C22H18BrN5O3. The number of aromatic nitrogens is 4. The molecule has 9 heteroatoms. The zero-order valence-corrected chi connectivity index (χ0v) is 18.3. The van der Waals surface area contributed by atoms with Crippen LogP contribution in [0, 0.1) is 6.92 Å². The molecule has 1 amide bonds. The van der Waals surface area contributed by atoms with E-state index in [-0.39, 0.29) is 5.91 Å². The molecule has 0 spiro atoms. The molecule has 4 rings (SSSR count). The van der Waals surface area contributed by atoms with Crippen LogP contribution < -0.4 is 14.8 Å². The molecule has 0 saturated carbocycles. The number of carbonyl (C=O) groups is 1. The third kappa shape index (κ3) is 4.89. The largest absolute Gasteiger partial charge is 0.497 e. The molecule has 0 atom stereocenters. The van der Waals surface area contributed by atoms with Crippen molar-refractivity contribution in [2.24, 2.45) is 0 Å². The first kappa shape index (κ1) is 20.5. The van der Waals surface area contributed by atoms with E-state index in [0.717, 1.165) is 0 Å². The molecule has 2 aromatic carbocycles. The summed E-state index contributed by atoms with van der Waals surface area (Å²) in [6.07, 6.45) is 5.13. The molecule has 0 aliphatic rings. The monoisotopic (exact) mass is 479 g/mol. The summed E-state index contributed by atoms with van der Waals surface area (Å²) < 4.78 is 13.5. The maximum atomic E-state index is 12.6. The van der Waals surface area contributed by atoms with Crippen LogP contribution in [-0.4, -0.2) is 32.5 Å². The maximum absolute atomic E-state index is 12.6. The number of aryl methyl sites for hydroxylation is 1. The summed E-state index contributed by atoms with van der Waals surface area (Å²) in [6, 6.07) is 14.0. The molecule has 0 saturated heterocycles. The molecule has 2 heterocycles. The van der Waals surface area contributed by atoms with Crippen molar-refractivity contribution < 1.29 is 14.3 Å². The van der Waals surface area contributed by atoms with Gasteiger partial charge in [0.2, 0.25) is 5.88 Å². The number of amides is 1. The van der Waals surface area contributed by atoms with Crippen molar-refractivity contribution in [1.29, 1.82) is 0 Å². The van der Waals surface area contributed by atoms with E-state index in [9.17, 15) is 4.79 Å². The molecule has 8 nitrogen and oxygen atoms in total. The Labute approximate surface area is 187 Å². The summed E-state index contributed by atoms with van der Waals surface area (Å²) in [4.78, 5) is 25.3. The predicted octanol–water partition coefficient (Wildman–Crippen LogP) is 4.79. The van der Waals surface area contributed by atoms with Gasteiger partial charge in [-0.2, -0.15) is 4.98 Å². The molecular weight excluding hydrogens is 462 g/mol. The first-order valence-corrected chi connectivity index (χ1v) is 10.1. The van der Waals surface area contributed by atoms with Crippen LogP contribution in [0.25, 0.3) is 5.82 Å². The first-order valence-electron chi connectivity index (χ1n) is 9.28. The van der Waals surface area contributed by atoms with Crippen molar-refractivity contribution in [3.63, 3.8) is 0 Å². The van der Waals surface area contributed by atoms with Gasteiger partial charge >= 0.3 is 0 Å².